The Morgan fingerprint density at radius 2 is 1.20 bits per heavy atom. The molecule has 4 heteroatoms. The van der Waals surface area contributed by atoms with Crippen molar-refractivity contribution in [3.05, 3.63) is 162 Å². The Hall–Kier alpha value is -4.70. The Morgan fingerprint density at radius 3 is 1.71 bits per heavy atom. The monoisotopic (exact) mass is 455 g/mol. The molecular formula is C31H25N3O. The van der Waals surface area contributed by atoms with Crippen LogP contribution in [0.3, 0.4) is 0 Å². The number of hydrogen-bond donors (Lipinski definition) is 1. The first-order valence-electron chi connectivity index (χ1n) is 11.5. The molecule has 35 heavy (non-hydrogen) atoms. The molecule has 0 radical (unpaired) electrons. The van der Waals surface area contributed by atoms with Crippen molar-refractivity contribution in [1.29, 1.82) is 0 Å². The van der Waals surface area contributed by atoms with Crippen LogP contribution in [0.5, 0.6) is 0 Å². The summed E-state index contributed by atoms with van der Waals surface area (Å²) in [5.74, 6) is 0.492. The van der Waals surface area contributed by atoms with Gasteiger partial charge in [0, 0.05) is 23.6 Å². The van der Waals surface area contributed by atoms with Crippen molar-refractivity contribution in [2.24, 2.45) is 0 Å². The van der Waals surface area contributed by atoms with Crippen molar-refractivity contribution in [2.45, 2.75) is 5.54 Å². The van der Waals surface area contributed by atoms with Gasteiger partial charge in [-0.1, -0.05) is 103 Å². The van der Waals surface area contributed by atoms with E-state index in [1.807, 2.05) is 72.9 Å². The number of benzene rings is 4. The smallest absolute Gasteiger partial charge is 0.188 e. The molecule has 4 aromatic carbocycles. The van der Waals surface area contributed by atoms with Crippen LogP contribution in [0, 0.1) is 0 Å². The van der Waals surface area contributed by atoms with Gasteiger partial charge in [-0.3, -0.25) is 4.79 Å². The molecule has 0 aliphatic heterocycles. The van der Waals surface area contributed by atoms with Gasteiger partial charge in [0.1, 0.15) is 11.4 Å². The molecule has 170 valence electrons. The molecule has 0 unspecified atom stereocenters. The number of carbonyl (C=O) groups excluding carboxylic acids is 1. The van der Waals surface area contributed by atoms with Gasteiger partial charge in [-0.25, -0.2) is 4.98 Å². The summed E-state index contributed by atoms with van der Waals surface area (Å²) in [6.45, 7) is 0. The maximum absolute atomic E-state index is 12.9. The van der Waals surface area contributed by atoms with Gasteiger partial charge in [0.15, 0.2) is 5.78 Å². The van der Waals surface area contributed by atoms with Gasteiger partial charge in [-0.15, -0.1) is 0 Å². The second-order valence-corrected chi connectivity index (χ2v) is 8.25. The van der Waals surface area contributed by atoms with Crippen LogP contribution < -0.4 is 5.73 Å². The molecule has 0 fully saturated rings. The summed E-state index contributed by atoms with van der Waals surface area (Å²) in [5, 5.41) is 0. The number of anilines is 1. The molecule has 4 nitrogen and oxygen atoms in total. The van der Waals surface area contributed by atoms with Crippen LogP contribution in [-0.4, -0.2) is 15.3 Å². The van der Waals surface area contributed by atoms with Crippen LogP contribution in [0.4, 0.5) is 5.69 Å². The zero-order chi connectivity index (χ0) is 24.1. The summed E-state index contributed by atoms with van der Waals surface area (Å²) < 4.78 is 2.13. The molecule has 5 rings (SSSR count). The number of imidazole rings is 1. The highest BCUT2D eigenvalue weighted by Gasteiger charge is 2.39. The van der Waals surface area contributed by atoms with Crippen LogP contribution in [-0.2, 0) is 5.54 Å². The average molecular weight is 456 g/mol. The zero-order valence-electron chi connectivity index (χ0n) is 19.2. The number of carbonyl (C=O) groups is 1. The first kappa shape index (κ1) is 22.1. The molecule has 5 aromatic rings. The minimum absolute atomic E-state index is 0.164. The van der Waals surface area contributed by atoms with Crippen LogP contribution in [0.1, 0.15) is 32.9 Å². The third kappa shape index (κ3) is 4.06. The summed E-state index contributed by atoms with van der Waals surface area (Å²) in [4.78, 5) is 17.6. The molecule has 0 aliphatic carbocycles. The van der Waals surface area contributed by atoms with E-state index < -0.39 is 5.54 Å². The van der Waals surface area contributed by atoms with Crippen LogP contribution >= 0.6 is 0 Å². The molecule has 0 bridgehead atoms. The van der Waals surface area contributed by atoms with E-state index in [-0.39, 0.29) is 5.78 Å². The fraction of sp³-hybridized carbons (Fsp3) is 0.0323. The Bertz CT molecular complexity index is 1360. The number of rotatable bonds is 7. The second-order valence-electron chi connectivity index (χ2n) is 8.25. The molecule has 2 N–H and O–H groups in total. The van der Waals surface area contributed by atoms with Gasteiger partial charge < -0.3 is 10.3 Å². The molecule has 0 aliphatic rings. The summed E-state index contributed by atoms with van der Waals surface area (Å²) >= 11 is 0. The minimum atomic E-state index is -0.700. The lowest BCUT2D eigenvalue weighted by molar-refractivity contribution is 0.104. The normalized spacial score (nSPS) is 11.5. The molecule has 0 amide bonds. The topological polar surface area (TPSA) is 60.9 Å². The molecule has 0 spiro atoms. The maximum atomic E-state index is 12.9. The average Bonchev–Trinajstić information content (AvgIpc) is 3.39. The van der Waals surface area contributed by atoms with Crippen molar-refractivity contribution in [3.63, 3.8) is 0 Å². The molecule has 1 aromatic heterocycles. The van der Waals surface area contributed by atoms with E-state index in [4.69, 9.17) is 5.73 Å². The second kappa shape index (κ2) is 9.65. The minimum Gasteiger partial charge on any atom is -0.398 e. The SMILES string of the molecule is Nc1ccccc1C(=O)C=Cc1nccn1C(c1ccccc1)(c1ccccc1)c1ccccc1. The molecule has 1 heterocycles. The van der Waals surface area contributed by atoms with Gasteiger partial charge in [0.2, 0.25) is 0 Å². The third-order valence-electron chi connectivity index (χ3n) is 6.22. The highest BCUT2D eigenvalue weighted by Crippen LogP contribution is 2.41. The number of nitrogens with two attached hydrogens (primary N) is 1. The van der Waals surface area contributed by atoms with E-state index in [1.165, 1.54) is 6.08 Å². The van der Waals surface area contributed by atoms with Crippen molar-refractivity contribution in [1.82, 2.24) is 9.55 Å². The van der Waals surface area contributed by atoms with E-state index in [1.54, 1.807) is 24.4 Å². The number of nitrogen functional groups attached to an aromatic ring is 1. The zero-order valence-corrected chi connectivity index (χ0v) is 19.2. The summed E-state index contributed by atoms with van der Waals surface area (Å²) in [7, 11) is 0. The Labute approximate surface area is 205 Å². The number of aromatic nitrogens is 2. The largest absolute Gasteiger partial charge is 0.398 e. The van der Waals surface area contributed by atoms with Gasteiger partial charge in [0.25, 0.3) is 0 Å². The summed E-state index contributed by atoms with van der Waals surface area (Å²) in [6, 6.07) is 38.2. The molecule has 0 saturated heterocycles. The quantitative estimate of drug-likeness (QED) is 0.138. The van der Waals surface area contributed by atoms with Crippen molar-refractivity contribution in [3.8, 4) is 0 Å². The Kier molecular flexibility index (Phi) is 6.10. The standard InChI is InChI=1S/C31H25N3O/c32-28-19-11-10-18-27(28)29(35)20-21-30-33-22-23-34(30)31(24-12-4-1-5-13-24,25-14-6-2-7-15-25)26-16-8-3-9-17-26/h1-23H,32H2. The first-order valence-corrected chi connectivity index (χ1v) is 11.5. The number of hydrogen-bond acceptors (Lipinski definition) is 3. The van der Waals surface area contributed by atoms with Crippen molar-refractivity contribution >= 4 is 17.5 Å². The van der Waals surface area contributed by atoms with Gasteiger partial charge in [-0.2, -0.15) is 0 Å². The highest BCUT2D eigenvalue weighted by atomic mass is 16.1. The van der Waals surface area contributed by atoms with Crippen molar-refractivity contribution < 1.29 is 4.79 Å². The van der Waals surface area contributed by atoms with Gasteiger partial charge in [-0.05, 0) is 41.0 Å². The van der Waals surface area contributed by atoms with E-state index in [2.05, 4.69) is 45.9 Å². The fourth-order valence-corrected chi connectivity index (χ4v) is 4.64. The lowest BCUT2D eigenvalue weighted by atomic mass is 9.76. The van der Waals surface area contributed by atoms with E-state index >= 15 is 0 Å². The van der Waals surface area contributed by atoms with Crippen LogP contribution in [0.15, 0.2) is 134 Å². The van der Waals surface area contributed by atoms with Gasteiger partial charge in [0.05, 0.1) is 0 Å². The number of para-hydroxylation sites is 1. The first-order chi connectivity index (χ1) is 17.2. The molecule has 0 saturated carbocycles. The van der Waals surface area contributed by atoms with Crippen LogP contribution in [0.2, 0.25) is 0 Å². The Morgan fingerprint density at radius 1 is 0.714 bits per heavy atom. The Balaban J connectivity index is 1.72. The van der Waals surface area contributed by atoms with Gasteiger partial charge >= 0.3 is 0 Å². The van der Waals surface area contributed by atoms with Crippen LogP contribution in [0.25, 0.3) is 6.08 Å². The van der Waals surface area contributed by atoms with E-state index in [0.717, 1.165) is 16.7 Å². The van der Waals surface area contributed by atoms with E-state index in [9.17, 15) is 4.79 Å². The summed E-state index contributed by atoms with van der Waals surface area (Å²) in [6.07, 6.45) is 7.03. The maximum Gasteiger partial charge on any atom is 0.188 e. The number of nitrogens with zero attached hydrogens (tertiary/aromatic N) is 2. The highest BCUT2D eigenvalue weighted by molar-refractivity contribution is 6.09. The number of allylic oxidation sites excluding steroid dienone is 1. The van der Waals surface area contributed by atoms with E-state index in [0.29, 0.717) is 17.1 Å². The fourth-order valence-electron chi connectivity index (χ4n) is 4.64. The predicted molar refractivity (Wildman–Crippen MR) is 141 cm³/mol. The predicted octanol–water partition coefficient (Wildman–Crippen LogP) is 6.20. The number of ketones is 1. The summed E-state index contributed by atoms with van der Waals surface area (Å²) in [5.41, 5.74) is 9.51. The lowest BCUT2D eigenvalue weighted by Crippen LogP contribution is -2.38. The molecule has 0 atom stereocenters. The molecular weight excluding hydrogens is 430 g/mol. The van der Waals surface area contributed by atoms with Crippen molar-refractivity contribution in [2.75, 3.05) is 5.73 Å². The lowest BCUT2D eigenvalue weighted by Gasteiger charge is -2.38. The third-order valence-corrected chi connectivity index (χ3v) is 6.22.